The number of nitrogens with one attached hydrogen (secondary N) is 1. The summed E-state index contributed by atoms with van der Waals surface area (Å²) in [6.45, 7) is 13.0. The fourth-order valence-corrected chi connectivity index (χ4v) is 11.9. The largest absolute Gasteiger partial charge is 0.349 e. The van der Waals surface area contributed by atoms with Gasteiger partial charge in [-0.1, -0.05) is 62.8 Å². The normalized spacial score (nSPS) is 45.2. The molecule has 6 aliphatic rings. The van der Waals surface area contributed by atoms with E-state index in [1.165, 1.54) is 54.7 Å². The van der Waals surface area contributed by atoms with Crippen LogP contribution in [0.4, 0.5) is 10.8 Å². The van der Waals surface area contributed by atoms with Crippen LogP contribution in [-0.4, -0.2) is 23.5 Å². The molecule has 5 heteroatoms. The van der Waals surface area contributed by atoms with Crippen molar-refractivity contribution in [1.82, 2.24) is 4.98 Å². The molecule has 4 fully saturated rings. The van der Waals surface area contributed by atoms with Crippen LogP contribution >= 0.6 is 11.3 Å². The zero-order valence-corrected chi connectivity index (χ0v) is 25.8. The predicted octanol–water partition coefficient (Wildman–Crippen LogP) is 8.78. The summed E-state index contributed by atoms with van der Waals surface area (Å²) in [6, 6.07) is 8.65. The highest BCUT2D eigenvalue weighted by Gasteiger charge is 2.68. The number of ether oxygens (including phenoxy) is 2. The zero-order chi connectivity index (χ0) is 27.4. The smallest absolute Gasteiger partial charge is 0.187 e. The summed E-state index contributed by atoms with van der Waals surface area (Å²) in [6.07, 6.45) is 12.9. The van der Waals surface area contributed by atoms with Crippen LogP contribution in [0.5, 0.6) is 0 Å². The van der Waals surface area contributed by atoms with Crippen molar-refractivity contribution in [1.29, 1.82) is 0 Å². The summed E-state index contributed by atoms with van der Waals surface area (Å²) >= 11 is 1.88. The maximum Gasteiger partial charge on any atom is 0.187 e. The lowest BCUT2D eigenvalue weighted by Crippen LogP contribution is -2.51. The second-order valence-corrected chi connectivity index (χ2v) is 16.0. The lowest BCUT2D eigenvalue weighted by molar-refractivity contribution is -0.272. The third kappa shape index (κ3) is 3.59. The summed E-state index contributed by atoms with van der Waals surface area (Å²) in [7, 11) is 0. The molecule has 1 aromatic heterocycles. The molecular formula is C35H46N2O2S. The molecule has 2 aromatic rings. The van der Waals surface area contributed by atoms with E-state index in [1.54, 1.807) is 5.57 Å². The summed E-state index contributed by atoms with van der Waals surface area (Å²) in [5.74, 6) is 3.79. The topological polar surface area (TPSA) is 43.4 Å². The van der Waals surface area contributed by atoms with Gasteiger partial charge in [0.15, 0.2) is 10.9 Å². The van der Waals surface area contributed by atoms with Crippen molar-refractivity contribution in [3.63, 3.8) is 0 Å². The van der Waals surface area contributed by atoms with E-state index in [-0.39, 0.29) is 11.2 Å². The average Bonchev–Trinajstić information content (AvgIpc) is 3.56. The minimum absolute atomic E-state index is 0.263. The molecule has 214 valence electrons. The number of hydrogen-bond acceptors (Lipinski definition) is 5. The van der Waals surface area contributed by atoms with Gasteiger partial charge in [0, 0.05) is 18.0 Å². The number of nitrogens with zero attached hydrogens (tertiary/aromatic N) is 1. The molecule has 10 atom stereocenters. The van der Waals surface area contributed by atoms with Gasteiger partial charge in [0.2, 0.25) is 0 Å². The van der Waals surface area contributed by atoms with Crippen molar-refractivity contribution in [2.75, 3.05) is 11.9 Å². The second-order valence-electron chi connectivity index (χ2n) is 15.0. The number of aryl methyl sites for hydroxylation is 2. The van der Waals surface area contributed by atoms with Crippen molar-refractivity contribution in [2.45, 2.75) is 97.9 Å². The van der Waals surface area contributed by atoms with E-state index in [1.807, 2.05) is 11.3 Å². The van der Waals surface area contributed by atoms with Crippen molar-refractivity contribution < 1.29 is 9.47 Å². The Labute approximate surface area is 244 Å². The number of benzene rings is 1. The van der Waals surface area contributed by atoms with Crippen LogP contribution in [0.2, 0.25) is 0 Å². The first-order valence-electron chi connectivity index (χ1n) is 16.1. The van der Waals surface area contributed by atoms with Gasteiger partial charge >= 0.3 is 0 Å². The summed E-state index contributed by atoms with van der Waals surface area (Å²) in [5, 5.41) is 4.64. The zero-order valence-electron chi connectivity index (χ0n) is 25.0. The van der Waals surface area contributed by atoms with Gasteiger partial charge in [-0.25, -0.2) is 4.98 Å². The summed E-state index contributed by atoms with van der Waals surface area (Å²) < 4.78 is 13.5. The van der Waals surface area contributed by atoms with E-state index in [0.717, 1.165) is 48.0 Å². The lowest BCUT2D eigenvalue weighted by Gasteiger charge is -2.57. The Hall–Kier alpha value is -1.69. The van der Waals surface area contributed by atoms with E-state index >= 15 is 0 Å². The van der Waals surface area contributed by atoms with Gasteiger partial charge in [-0.2, -0.15) is 0 Å². The molecule has 0 bridgehead atoms. The molecule has 1 spiro atoms. The first-order chi connectivity index (χ1) is 19.2. The van der Waals surface area contributed by atoms with Crippen molar-refractivity contribution in [2.24, 2.45) is 46.3 Å². The van der Waals surface area contributed by atoms with Gasteiger partial charge in [0.25, 0.3) is 0 Å². The maximum atomic E-state index is 7.00. The highest BCUT2D eigenvalue weighted by Crippen LogP contribution is 2.71. The Morgan fingerprint density at radius 2 is 1.85 bits per heavy atom. The molecule has 2 saturated carbocycles. The molecule has 3 heterocycles. The molecule has 0 unspecified atom stereocenters. The second kappa shape index (κ2) is 8.91. The first-order valence-corrected chi connectivity index (χ1v) is 16.9. The Kier molecular flexibility index (Phi) is 5.78. The van der Waals surface area contributed by atoms with Crippen LogP contribution in [0.25, 0.3) is 5.57 Å². The standard InChI is InChI=1S/C35H46N2O2S/c1-20-6-8-23(9-7-20)36-32-37-28-14-16-33(4)25-13-15-34(5)27(24(25)10-11-26(33)31(28)40-32)18-29-30(34)22(3)35(39-29)17-12-21(2)19-38-35/h6-9,11,21-22,24-25,27,29-30H,10,12-19H2,1-5H3,(H,36,37)/t21-,22+,24-,25+,27+,29+,30+,33-,34+,35-/m1/s1. The van der Waals surface area contributed by atoms with E-state index in [2.05, 4.69) is 70.3 Å². The number of thiazole rings is 1. The molecule has 1 aromatic carbocycles. The van der Waals surface area contributed by atoms with Gasteiger partial charge < -0.3 is 14.8 Å². The van der Waals surface area contributed by atoms with E-state index in [9.17, 15) is 0 Å². The van der Waals surface area contributed by atoms with Crippen LogP contribution in [0.3, 0.4) is 0 Å². The van der Waals surface area contributed by atoms with Crippen LogP contribution < -0.4 is 5.32 Å². The lowest BCUT2D eigenvalue weighted by atomic mass is 9.47. The number of allylic oxidation sites excluding steroid dienone is 2. The van der Waals surface area contributed by atoms with Crippen molar-refractivity contribution in [3.05, 3.63) is 46.5 Å². The molecule has 2 aliphatic heterocycles. The molecule has 4 nitrogen and oxygen atoms in total. The number of fused-ring (bicyclic) bond motifs is 9. The molecule has 4 aliphatic carbocycles. The quantitative estimate of drug-likeness (QED) is 0.400. The molecule has 0 radical (unpaired) electrons. The van der Waals surface area contributed by atoms with Gasteiger partial charge in [-0.05, 0) is 110 Å². The van der Waals surface area contributed by atoms with E-state index in [0.29, 0.717) is 29.3 Å². The first kappa shape index (κ1) is 26.0. The van der Waals surface area contributed by atoms with Crippen molar-refractivity contribution >= 4 is 27.7 Å². The Morgan fingerprint density at radius 3 is 2.62 bits per heavy atom. The number of aromatic nitrogens is 1. The molecule has 8 rings (SSSR count). The Morgan fingerprint density at radius 1 is 1.02 bits per heavy atom. The van der Waals surface area contributed by atoms with Gasteiger partial charge in [-0.15, -0.1) is 0 Å². The van der Waals surface area contributed by atoms with Crippen LogP contribution in [0.1, 0.15) is 88.8 Å². The van der Waals surface area contributed by atoms with E-state index in [4.69, 9.17) is 14.5 Å². The summed E-state index contributed by atoms with van der Waals surface area (Å²) in [4.78, 5) is 6.55. The molecule has 0 amide bonds. The van der Waals surface area contributed by atoms with Crippen LogP contribution in [0.15, 0.2) is 30.3 Å². The van der Waals surface area contributed by atoms with Crippen molar-refractivity contribution in [3.8, 4) is 0 Å². The highest BCUT2D eigenvalue weighted by atomic mass is 32.1. The average molecular weight is 559 g/mol. The van der Waals surface area contributed by atoms with Gasteiger partial charge in [0.1, 0.15) is 0 Å². The van der Waals surface area contributed by atoms with Gasteiger partial charge in [-0.3, -0.25) is 0 Å². The number of anilines is 2. The SMILES string of the molecule is Cc1ccc(Nc2nc3c(s2)C2=CC[C@H]4[C@@H]5C[C@@H]6O[C@]7(CC[C@@H](C)CO7)[C@@H](C)[C@@H]6[C@@]5(C)CC[C@@H]4[C@@]2(C)CC3)cc1. The Bertz CT molecular complexity index is 1340. The van der Waals surface area contributed by atoms with E-state index < -0.39 is 0 Å². The molecule has 40 heavy (non-hydrogen) atoms. The minimum Gasteiger partial charge on any atom is -0.349 e. The summed E-state index contributed by atoms with van der Waals surface area (Å²) in [5.41, 5.74) is 5.97. The number of rotatable bonds is 2. The third-order valence-corrected chi connectivity index (χ3v) is 13.9. The minimum atomic E-state index is -0.311. The van der Waals surface area contributed by atoms with Crippen LogP contribution in [0, 0.1) is 53.3 Å². The molecule has 1 N–H and O–H groups in total. The highest BCUT2D eigenvalue weighted by molar-refractivity contribution is 7.16. The predicted molar refractivity (Wildman–Crippen MR) is 163 cm³/mol. The Balaban J connectivity index is 1.06. The van der Waals surface area contributed by atoms with Crippen LogP contribution in [-0.2, 0) is 15.9 Å². The fraction of sp³-hybridized carbons (Fsp3) is 0.686. The fourth-order valence-electron chi connectivity index (χ4n) is 10.7. The molecule has 2 saturated heterocycles. The molecular weight excluding hydrogens is 512 g/mol. The van der Waals surface area contributed by atoms with Gasteiger partial charge in [0.05, 0.1) is 23.3 Å². The maximum absolute atomic E-state index is 7.00. The monoisotopic (exact) mass is 558 g/mol. The number of hydrogen-bond donors (Lipinski definition) is 1. The third-order valence-electron chi connectivity index (χ3n) is 12.9.